The molecule has 0 saturated carbocycles. The minimum absolute atomic E-state index is 0.238. The quantitative estimate of drug-likeness (QED) is 0.902. The van der Waals surface area contributed by atoms with E-state index in [9.17, 15) is 13.6 Å². The molecule has 1 aliphatic heterocycles. The Balaban J connectivity index is 1.78. The minimum atomic E-state index is -0.975. The topological polar surface area (TPSA) is 41.1 Å². The Morgan fingerprint density at radius 3 is 2.84 bits per heavy atom. The zero-order valence-electron chi connectivity index (χ0n) is 10.1. The summed E-state index contributed by atoms with van der Waals surface area (Å²) in [6.07, 6.45) is 0. The summed E-state index contributed by atoms with van der Waals surface area (Å²) in [6.45, 7) is 0.577. The van der Waals surface area contributed by atoms with Crippen LogP contribution in [-0.2, 0) is 0 Å². The molecule has 1 atom stereocenters. The summed E-state index contributed by atoms with van der Waals surface area (Å²) in [5, 5.41) is 5.62. The van der Waals surface area contributed by atoms with Gasteiger partial charge in [0.1, 0.15) is 0 Å². The summed E-state index contributed by atoms with van der Waals surface area (Å²) in [5.41, 5.74) is 0.238. The first-order valence-electron chi connectivity index (χ1n) is 5.84. The van der Waals surface area contributed by atoms with Gasteiger partial charge in [-0.3, -0.25) is 0 Å². The molecule has 104 valence electrons. The van der Waals surface area contributed by atoms with E-state index < -0.39 is 17.7 Å². The maximum Gasteiger partial charge on any atom is 0.319 e. The number of urea groups is 1. The van der Waals surface area contributed by atoms with E-state index in [-0.39, 0.29) is 5.69 Å². The lowest BCUT2D eigenvalue weighted by Crippen LogP contribution is -2.36. The fraction of sp³-hybridized carbons (Fsp3) is 0.417. The van der Waals surface area contributed by atoms with Crippen LogP contribution in [0, 0.1) is 11.6 Å². The molecule has 1 saturated heterocycles. The molecule has 19 heavy (non-hydrogen) atoms. The van der Waals surface area contributed by atoms with Gasteiger partial charge < -0.3 is 10.6 Å². The molecule has 0 aliphatic carbocycles. The molecule has 2 amide bonds. The van der Waals surface area contributed by atoms with Crippen LogP contribution in [0.1, 0.15) is 0 Å². The van der Waals surface area contributed by atoms with Crippen LogP contribution in [-0.4, -0.2) is 35.1 Å². The van der Waals surface area contributed by atoms with Crippen molar-refractivity contribution in [3.8, 4) is 0 Å². The summed E-state index contributed by atoms with van der Waals surface area (Å²) >= 11 is 3.72. The van der Waals surface area contributed by atoms with E-state index in [0.29, 0.717) is 11.8 Å². The van der Waals surface area contributed by atoms with Crippen LogP contribution in [0.15, 0.2) is 18.2 Å². The molecule has 1 fully saturated rings. The number of nitrogens with one attached hydrogen (secondary N) is 2. The molecule has 1 aromatic rings. The predicted molar refractivity (Wildman–Crippen MR) is 77.0 cm³/mol. The number of carbonyl (C=O) groups excluding carboxylic acids is 1. The van der Waals surface area contributed by atoms with Crippen LogP contribution < -0.4 is 10.6 Å². The molecule has 1 aromatic carbocycles. The summed E-state index contributed by atoms with van der Waals surface area (Å²) in [7, 11) is 0. The highest BCUT2D eigenvalue weighted by atomic mass is 32.2. The van der Waals surface area contributed by atoms with Crippen molar-refractivity contribution in [2.45, 2.75) is 5.25 Å². The van der Waals surface area contributed by atoms with Crippen molar-refractivity contribution in [3.63, 3.8) is 0 Å². The van der Waals surface area contributed by atoms with Gasteiger partial charge in [0.2, 0.25) is 0 Å². The van der Waals surface area contributed by atoms with Crippen molar-refractivity contribution in [1.29, 1.82) is 0 Å². The fourth-order valence-electron chi connectivity index (χ4n) is 1.61. The normalized spacial score (nSPS) is 18.9. The molecule has 1 heterocycles. The van der Waals surface area contributed by atoms with Crippen LogP contribution in [0.5, 0.6) is 0 Å². The second kappa shape index (κ2) is 7.00. The molecule has 1 aliphatic rings. The Morgan fingerprint density at radius 1 is 1.32 bits per heavy atom. The smallest absolute Gasteiger partial charge is 0.319 e. The maximum atomic E-state index is 13.0. The van der Waals surface area contributed by atoms with Crippen LogP contribution in [0.4, 0.5) is 19.3 Å². The van der Waals surface area contributed by atoms with Gasteiger partial charge in [0.05, 0.1) is 0 Å². The third-order valence-corrected chi connectivity index (χ3v) is 5.40. The third-order valence-electron chi connectivity index (χ3n) is 2.55. The van der Waals surface area contributed by atoms with Crippen molar-refractivity contribution in [2.75, 3.05) is 29.1 Å². The average molecular weight is 304 g/mol. The van der Waals surface area contributed by atoms with E-state index in [0.717, 1.165) is 29.4 Å². The second-order valence-electron chi connectivity index (χ2n) is 4.03. The Morgan fingerprint density at radius 2 is 2.16 bits per heavy atom. The van der Waals surface area contributed by atoms with E-state index in [1.807, 2.05) is 23.5 Å². The molecule has 2 N–H and O–H groups in total. The Labute approximate surface area is 118 Å². The summed E-state index contributed by atoms with van der Waals surface area (Å²) in [4.78, 5) is 11.6. The molecule has 0 aromatic heterocycles. The van der Waals surface area contributed by atoms with Crippen molar-refractivity contribution >= 4 is 35.2 Å². The summed E-state index contributed by atoms with van der Waals surface area (Å²) in [6, 6.07) is 2.87. The number of amides is 2. The lowest BCUT2D eigenvalue weighted by molar-refractivity contribution is 0.252. The van der Waals surface area contributed by atoms with Gasteiger partial charge in [0.15, 0.2) is 11.6 Å². The number of carbonyl (C=O) groups is 1. The summed E-state index contributed by atoms with van der Waals surface area (Å²) in [5.74, 6) is 1.37. The van der Waals surface area contributed by atoms with Crippen LogP contribution in [0.3, 0.4) is 0 Å². The molecule has 7 heteroatoms. The lowest BCUT2D eigenvalue weighted by Gasteiger charge is -2.21. The van der Waals surface area contributed by atoms with Gasteiger partial charge in [0.25, 0.3) is 0 Å². The van der Waals surface area contributed by atoms with E-state index in [1.165, 1.54) is 6.07 Å². The highest BCUT2D eigenvalue weighted by molar-refractivity contribution is 8.06. The Kier molecular flexibility index (Phi) is 5.33. The third kappa shape index (κ3) is 4.58. The molecule has 3 nitrogen and oxygen atoms in total. The first kappa shape index (κ1) is 14.5. The van der Waals surface area contributed by atoms with Crippen molar-refractivity contribution < 1.29 is 13.6 Å². The molecule has 2 rings (SSSR count). The monoisotopic (exact) mass is 304 g/mol. The first-order valence-corrected chi connectivity index (χ1v) is 8.05. The highest BCUT2D eigenvalue weighted by Gasteiger charge is 2.15. The van der Waals surface area contributed by atoms with Crippen LogP contribution >= 0.6 is 23.5 Å². The first-order chi connectivity index (χ1) is 9.15. The van der Waals surface area contributed by atoms with Gasteiger partial charge in [-0.1, -0.05) is 0 Å². The largest absolute Gasteiger partial charge is 0.337 e. The van der Waals surface area contributed by atoms with E-state index >= 15 is 0 Å². The number of hydrogen-bond acceptors (Lipinski definition) is 3. The summed E-state index contributed by atoms with van der Waals surface area (Å²) < 4.78 is 25.7. The van der Waals surface area contributed by atoms with E-state index in [4.69, 9.17) is 0 Å². The standard InChI is InChI=1S/C12H14F2N2OS2/c13-10-2-1-8(5-11(10)14)16-12(17)15-6-9-7-18-3-4-19-9/h1-2,5,9H,3-4,6-7H2,(H2,15,16,17)/t9-/m0/s1. The number of hydrogen-bond donors (Lipinski definition) is 2. The van der Waals surface area contributed by atoms with E-state index in [2.05, 4.69) is 10.6 Å². The zero-order chi connectivity index (χ0) is 13.7. The second-order valence-corrected chi connectivity index (χ2v) is 6.59. The zero-order valence-corrected chi connectivity index (χ0v) is 11.8. The molecule has 0 spiro atoms. The number of halogens is 2. The van der Waals surface area contributed by atoms with Crippen molar-refractivity contribution in [1.82, 2.24) is 5.32 Å². The lowest BCUT2D eigenvalue weighted by atomic mass is 10.3. The highest BCUT2D eigenvalue weighted by Crippen LogP contribution is 2.23. The minimum Gasteiger partial charge on any atom is -0.337 e. The Hall–Kier alpha value is -0.950. The molecule has 0 radical (unpaired) electrons. The van der Waals surface area contributed by atoms with Crippen molar-refractivity contribution in [3.05, 3.63) is 29.8 Å². The SMILES string of the molecule is O=C(NC[C@H]1CSCCS1)Nc1ccc(F)c(F)c1. The number of anilines is 1. The average Bonchev–Trinajstić information content (AvgIpc) is 2.42. The van der Waals surface area contributed by atoms with Gasteiger partial charge in [-0.05, 0) is 12.1 Å². The molecular formula is C12H14F2N2OS2. The molecule has 0 unspecified atom stereocenters. The fourth-order valence-corrected chi connectivity index (χ4v) is 4.22. The Bertz CT molecular complexity index is 453. The van der Waals surface area contributed by atoms with Gasteiger partial charge in [0, 0.05) is 40.8 Å². The van der Waals surface area contributed by atoms with Gasteiger partial charge in [-0.15, -0.1) is 0 Å². The van der Waals surface area contributed by atoms with Crippen LogP contribution in [0.2, 0.25) is 0 Å². The number of benzene rings is 1. The molecular weight excluding hydrogens is 290 g/mol. The predicted octanol–water partition coefficient (Wildman–Crippen LogP) is 2.93. The van der Waals surface area contributed by atoms with Crippen LogP contribution in [0.25, 0.3) is 0 Å². The van der Waals surface area contributed by atoms with Gasteiger partial charge >= 0.3 is 6.03 Å². The van der Waals surface area contributed by atoms with E-state index in [1.54, 1.807) is 0 Å². The number of thioether (sulfide) groups is 2. The molecule has 0 bridgehead atoms. The number of rotatable bonds is 3. The maximum absolute atomic E-state index is 13.0. The van der Waals surface area contributed by atoms with Gasteiger partial charge in [-0.2, -0.15) is 23.5 Å². The van der Waals surface area contributed by atoms with Gasteiger partial charge in [-0.25, -0.2) is 13.6 Å². The van der Waals surface area contributed by atoms with Crippen molar-refractivity contribution in [2.24, 2.45) is 0 Å².